The molecule has 1 aromatic carbocycles. The van der Waals surface area contributed by atoms with Crippen LogP contribution in [0.5, 0.6) is 5.75 Å². The van der Waals surface area contributed by atoms with Crippen LogP contribution in [0, 0.1) is 0 Å². The van der Waals surface area contributed by atoms with E-state index >= 15 is 0 Å². The zero-order valence-electron chi connectivity index (χ0n) is 27.9. The number of hydrogen-bond donors (Lipinski definition) is 0. The fraction of sp³-hybridized carbons (Fsp3) is 0.237. The van der Waals surface area contributed by atoms with E-state index in [1.54, 1.807) is 38.6 Å². The monoisotopic (exact) mass is 662 g/mol. The first-order valence-corrected chi connectivity index (χ1v) is 15.9. The summed E-state index contributed by atoms with van der Waals surface area (Å²) in [4.78, 5) is 52.6. The van der Waals surface area contributed by atoms with Gasteiger partial charge < -0.3 is 9.47 Å². The Bertz CT molecular complexity index is 1880. The zero-order valence-corrected chi connectivity index (χ0v) is 27.9. The van der Waals surface area contributed by atoms with Crippen molar-refractivity contribution in [2.45, 2.75) is 34.0 Å². The van der Waals surface area contributed by atoms with E-state index in [0.29, 0.717) is 52.9 Å². The molecule has 0 spiro atoms. The second-order valence-electron chi connectivity index (χ2n) is 10.6. The molecule has 0 saturated heterocycles. The van der Waals surface area contributed by atoms with Gasteiger partial charge in [-0.2, -0.15) is 0 Å². The van der Waals surface area contributed by atoms with Crippen molar-refractivity contribution in [3.8, 4) is 39.9 Å². The molecule has 0 aliphatic heterocycles. The van der Waals surface area contributed by atoms with Crippen molar-refractivity contribution in [3.05, 3.63) is 113 Å². The Balaban J connectivity index is 1.61. The van der Waals surface area contributed by atoms with Crippen molar-refractivity contribution in [1.82, 2.24) is 19.9 Å². The summed E-state index contributed by atoms with van der Waals surface area (Å²) in [6.45, 7) is 7.02. The topological polar surface area (TPSA) is 124 Å². The largest absolute Gasteiger partial charge is 0.497 e. The van der Waals surface area contributed by atoms with Crippen LogP contribution >= 0.6 is 0 Å². The highest BCUT2D eigenvalue weighted by molar-refractivity contribution is 5.90. The molecule has 11 nitrogen and oxygen atoms in total. The summed E-state index contributed by atoms with van der Waals surface area (Å²) in [7, 11) is 1.64. The van der Waals surface area contributed by atoms with Gasteiger partial charge in [-0.25, -0.2) is 34.3 Å². The van der Waals surface area contributed by atoms with E-state index in [1.165, 1.54) is 0 Å². The molecule has 252 valence electrons. The molecule has 5 rings (SSSR count). The molecule has 0 bridgehead atoms. The van der Waals surface area contributed by atoms with Gasteiger partial charge >= 0.3 is 5.97 Å². The Hall–Kier alpha value is -5.33. The smallest absolute Gasteiger partial charge is 0.338 e. The van der Waals surface area contributed by atoms with Gasteiger partial charge in [-0.1, -0.05) is 24.3 Å². The van der Waals surface area contributed by atoms with Gasteiger partial charge in [0.05, 0.1) is 66.7 Å². The number of nitrogens with zero attached hydrogens (tertiary/aromatic N) is 4. The van der Waals surface area contributed by atoms with Gasteiger partial charge in [0.15, 0.2) is 0 Å². The first kappa shape index (κ1) is 35.0. The highest BCUT2D eigenvalue weighted by Gasteiger charge is 2.15. The second-order valence-corrected chi connectivity index (χ2v) is 10.6. The first-order valence-electron chi connectivity index (χ1n) is 15.9. The average molecular weight is 663 g/mol. The van der Waals surface area contributed by atoms with Gasteiger partial charge in [0.1, 0.15) is 19.0 Å². The summed E-state index contributed by atoms with van der Waals surface area (Å²) >= 11 is 0. The third-order valence-electron chi connectivity index (χ3n) is 7.05. The maximum absolute atomic E-state index is 12.6. The van der Waals surface area contributed by atoms with E-state index in [9.17, 15) is 4.79 Å². The third kappa shape index (κ3) is 9.84. The fourth-order valence-corrected chi connectivity index (χ4v) is 4.75. The van der Waals surface area contributed by atoms with E-state index in [2.05, 4.69) is 9.97 Å². The van der Waals surface area contributed by atoms with Crippen LogP contribution in [0.25, 0.3) is 46.3 Å². The number of esters is 1. The van der Waals surface area contributed by atoms with Crippen molar-refractivity contribution in [1.29, 1.82) is 0 Å². The van der Waals surface area contributed by atoms with Crippen molar-refractivity contribution < 1.29 is 33.8 Å². The number of rotatable bonds is 16. The van der Waals surface area contributed by atoms with Gasteiger partial charge in [0.25, 0.3) is 0 Å². The number of aromatic nitrogens is 4. The molecule has 0 aliphatic carbocycles. The predicted molar refractivity (Wildman–Crippen MR) is 185 cm³/mol. The van der Waals surface area contributed by atoms with Crippen LogP contribution in [-0.2, 0) is 37.5 Å². The van der Waals surface area contributed by atoms with Gasteiger partial charge in [-0.3, -0.25) is 9.97 Å². The molecule has 0 radical (unpaired) electrons. The molecule has 0 fully saturated rings. The molecule has 0 amide bonds. The quantitative estimate of drug-likeness (QED) is 0.0450. The maximum atomic E-state index is 12.6. The fourth-order valence-electron chi connectivity index (χ4n) is 4.75. The van der Waals surface area contributed by atoms with Crippen LogP contribution in [0.2, 0.25) is 0 Å². The van der Waals surface area contributed by atoms with Crippen LogP contribution in [0.1, 0.15) is 53.4 Å². The van der Waals surface area contributed by atoms with Gasteiger partial charge in [0, 0.05) is 12.4 Å². The number of carbonyl (C=O) groups is 1. The third-order valence-corrected chi connectivity index (χ3v) is 7.05. The Labute approximate surface area is 285 Å². The average Bonchev–Trinajstić information content (AvgIpc) is 3.14. The summed E-state index contributed by atoms with van der Waals surface area (Å²) in [5.74, 6) is 0.340. The molecule has 5 aromatic rings. The van der Waals surface area contributed by atoms with E-state index in [1.807, 2.05) is 86.7 Å². The number of pyridine rings is 4. The first-order chi connectivity index (χ1) is 24.0. The Kier molecular flexibility index (Phi) is 12.7. The number of methoxy groups -OCH3 is 1. The maximum Gasteiger partial charge on any atom is 0.338 e. The number of benzene rings is 1. The molecule has 11 heteroatoms. The van der Waals surface area contributed by atoms with Crippen molar-refractivity contribution in [2.24, 2.45) is 0 Å². The molecule has 49 heavy (non-hydrogen) atoms. The number of ether oxygens (including phenoxy) is 2. The van der Waals surface area contributed by atoms with Crippen molar-refractivity contribution in [2.75, 3.05) is 26.9 Å². The van der Waals surface area contributed by atoms with Crippen LogP contribution in [0.15, 0.2) is 85.2 Å². The molecular formula is C38H38N4O7. The highest BCUT2D eigenvalue weighted by atomic mass is 17.2. The van der Waals surface area contributed by atoms with Gasteiger partial charge in [0.2, 0.25) is 0 Å². The highest BCUT2D eigenvalue weighted by Crippen LogP contribution is 2.28. The molecular weight excluding hydrogens is 624 g/mol. The van der Waals surface area contributed by atoms with Crippen LogP contribution < -0.4 is 4.74 Å². The minimum absolute atomic E-state index is 0.177. The molecule has 0 aliphatic rings. The van der Waals surface area contributed by atoms with Crippen LogP contribution in [0.3, 0.4) is 0 Å². The summed E-state index contributed by atoms with van der Waals surface area (Å²) < 4.78 is 10.5. The molecule has 0 unspecified atom stereocenters. The standard InChI is InChI=1S/C38H38N4O7/c1-5-45-38(43)30-15-17-40-33(23-30)34-18-27(9-8-26-10-12-31(44-4)13-11-26)19-36(41-34)37-22-29(25-49-47-7-3)21-35(42-37)32-20-28(14-16-39-32)24-48-46-6-2/h8-23H,5-7,24-25H2,1-4H3/b9-8+. The molecule has 0 saturated carbocycles. The van der Waals surface area contributed by atoms with Crippen LogP contribution in [-0.4, -0.2) is 52.8 Å². The second kappa shape index (κ2) is 17.7. The number of carbonyl (C=O) groups excluding carboxylic acids is 1. The number of hydrogen-bond acceptors (Lipinski definition) is 11. The van der Waals surface area contributed by atoms with E-state index in [-0.39, 0.29) is 19.8 Å². The van der Waals surface area contributed by atoms with Gasteiger partial charge in [-0.05, 0) is 104 Å². The van der Waals surface area contributed by atoms with Crippen molar-refractivity contribution in [3.63, 3.8) is 0 Å². The summed E-state index contributed by atoms with van der Waals surface area (Å²) in [5.41, 5.74) is 7.32. The lowest BCUT2D eigenvalue weighted by atomic mass is 10.1. The lowest BCUT2D eigenvalue weighted by Crippen LogP contribution is -2.05. The normalized spacial score (nSPS) is 11.2. The Morgan fingerprint density at radius 2 is 1.14 bits per heavy atom. The molecule has 0 N–H and O–H groups in total. The van der Waals surface area contributed by atoms with Crippen molar-refractivity contribution >= 4 is 18.1 Å². The molecule has 4 aromatic heterocycles. The molecule has 4 heterocycles. The van der Waals surface area contributed by atoms with E-state index in [4.69, 9.17) is 39.0 Å². The van der Waals surface area contributed by atoms with Crippen LogP contribution in [0.4, 0.5) is 0 Å². The summed E-state index contributed by atoms with van der Waals surface area (Å²) in [6.07, 6.45) is 7.25. The summed E-state index contributed by atoms with van der Waals surface area (Å²) in [6, 6.07) is 22.4. The summed E-state index contributed by atoms with van der Waals surface area (Å²) in [5, 5.41) is 0. The SMILES string of the molecule is CCOOCc1ccnc(-c2cc(COOCC)cc(-c3cc(/C=C/c4ccc(OC)cc4)cc(-c4cc(C(=O)OCC)ccn4)n3)n2)c1. The van der Waals surface area contributed by atoms with Gasteiger partial charge in [-0.15, -0.1) is 0 Å². The zero-order chi connectivity index (χ0) is 34.4. The minimum atomic E-state index is -0.434. The lowest BCUT2D eigenvalue weighted by Gasteiger charge is -2.12. The molecule has 0 atom stereocenters. The van der Waals surface area contributed by atoms with E-state index in [0.717, 1.165) is 28.0 Å². The predicted octanol–water partition coefficient (Wildman–Crippen LogP) is 7.56. The Morgan fingerprint density at radius 3 is 1.80 bits per heavy atom. The minimum Gasteiger partial charge on any atom is -0.497 e. The van der Waals surface area contributed by atoms with E-state index < -0.39 is 5.97 Å². The lowest BCUT2D eigenvalue weighted by molar-refractivity contribution is -0.300. The Morgan fingerprint density at radius 1 is 0.592 bits per heavy atom.